The van der Waals surface area contributed by atoms with E-state index in [0.717, 1.165) is 60.8 Å². The van der Waals surface area contributed by atoms with Crippen molar-refractivity contribution in [1.82, 2.24) is 9.55 Å². The van der Waals surface area contributed by atoms with E-state index in [2.05, 4.69) is 4.57 Å². The average Bonchev–Trinajstić information content (AvgIpc) is 3.31. The molecule has 8 nitrogen and oxygen atoms in total. The van der Waals surface area contributed by atoms with Crippen molar-refractivity contribution in [2.75, 3.05) is 19.1 Å². The number of aliphatic carboxylic acids is 1. The molecule has 1 amide bonds. The van der Waals surface area contributed by atoms with Crippen molar-refractivity contribution >= 4 is 28.8 Å². The molecule has 2 aromatic carbocycles. The Balaban J connectivity index is 1.63. The van der Waals surface area contributed by atoms with Crippen LogP contribution >= 0.6 is 0 Å². The van der Waals surface area contributed by atoms with Crippen LogP contribution in [0.3, 0.4) is 0 Å². The van der Waals surface area contributed by atoms with Crippen molar-refractivity contribution in [1.29, 1.82) is 0 Å². The number of carbonyl (C=O) groups is 2. The molecule has 2 aliphatic rings. The Hall–Kier alpha value is -3.46. The summed E-state index contributed by atoms with van der Waals surface area (Å²) in [7, 11) is 3.12. The van der Waals surface area contributed by atoms with Gasteiger partial charge in [-0.2, -0.15) is 0 Å². The summed E-state index contributed by atoms with van der Waals surface area (Å²) in [5.41, 5.74) is 4.36. The van der Waals surface area contributed by atoms with Crippen LogP contribution in [0.2, 0.25) is 0 Å². The Labute approximate surface area is 227 Å². The lowest BCUT2D eigenvalue weighted by Crippen LogP contribution is -2.42. The highest BCUT2D eigenvalue weighted by atomic mass is 19.1. The molecule has 1 aromatic heterocycles. The third-order valence-corrected chi connectivity index (χ3v) is 8.52. The van der Waals surface area contributed by atoms with Gasteiger partial charge in [0, 0.05) is 31.2 Å². The second-order valence-corrected chi connectivity index (χ2v) is 10.8. The summed E-state index contributed by atoms with van der Waals surface area (Å²) in [4.78, 5) is 31.9. The van der Waals surface area contributed by atoms with Gasteiger partial charge in [-0.05, 0) is 81.7 Å². The van der Waals surface area contributed by atoms with Gasteiger partial charge in [-0.15, -0.1) is 0 Å². The van der Waals surface area contributed by atoms with Gasteiger partial charge >= 0.3 is 12.1 Å². The van der Waals surface area contributed by atoms with Crippen molar-refractivity contribution in [2.24, 2.45) is 0 Å². The van der Waals surface area contributed by atoms with Gasteiger partial charge in [-0.25, -0.2) is 14.2 Å². The molecule has 0 radical (unpaired) electrons. The van der Waals surface area contributed by atoms with E-state index in [9.17, 15) is 19.1 Å². The Morgan fingerprint density at radius 3 is 2.51 bits per heavy atom. The Bertz CT molecular complexity index is 1390. The maximum atomic E-state index is 14.4. The lowest BCUT2D eigenvalue weighted by Gasteiger charge is -2.34. The van der Waals surface area contributed by atoms with E-state index < -0.39 is 23.8 Å². The van der Waals surface area contributed by atoms with E-state index in [1.165, 1.54) is 13.2 Å². The average molecular weight is 538 g/mol. The third-order valence-electron chi connectivity index (χ3n) is 8.52. The summed E-state index contributed by atoms with van der Waals surface area (Å²) in [6.07, 6.45) is 5.03. The molecular weight excluding hydrogens is 501 g/mol. The number of rotatable bonds is 6. The third kappa shape index (κ3) is 5.00. The normalized spacial score (nSPS) is 22.0. The predicted octanol–water partition coefficient (Wildman–Crippen LogP) is 5.93. The van der Waals surface area contributed by atoms with Gasteiger partial charge in [0.15, 0.2) is 0 Å². The minimum Gasteiger partial charge on any atom is -0.481 e. The number of aryl methyl sites for hydroxylation is 2. The summed E-state index contributed by atoms with van der Waals surface area (Å²) >= 11 is 0. The van der Waals surface area contributed by atoms with Crippen LogP contribution < -0.4 is 4.90 Å². The number of aromatic nitrogens is 2. The molecule has 9 heteroatoms. The van der Waals surface area contributed by atoms with Crippen LogP contribution in [-0.2, 0) is 27.1 Å². The fourth-order valence-electron chi connectivity index (χ4n) is 6.27. The van der Waals surface area contributed by atoms with Crippen LogP contribution in [-0.4, -0.2) is 53.1 Å². The van der Waals surface area contributed by atoms with Crippen LogP contribution in [0, 0.1) is 12.7 Å². The Morgan fingerprint density at radius 2 is 1.87 bits per heavy atom. The predicted molar refractivity (Wildman–Crippen MR) is 146 cm³/mol. The first kappa shape index (κ1) is 27.1. The number of benzene rings is 2. The number of anilines is 1. The molecule has 0 bridgehead atoms. The minimum absolute atomic E-state index is 0.0129. The van der Waals surface area contributed by atoms with Gasteiger partial charge in [0.1, 0.15) is 11.6 Å². The Kier molecular flexibility index (Phi) is 7.62. The number of fused-ring (bicyclic) bond motifs is 3. The number of imidazole rings is 1. The molecule has 2 atom stereocenters. The highest BCUT2D eigenvalue weighted by Crippen LogP contribution is 2.40. The van der Waals surface area contributed by atoms with E-state index in [-0.39, 0.29) is 24.6 Å². The number of carboxylic acids is 1. The lowest BCUT2D eigenvalue weighted by molar-refractivity contribution is -0.138. The van der Waals surface area contributed by atoms with Crippen molar-refractivity contribution in [3.63, 3.8) is 0 Å². The second kappa shape index (κ2) is 11.0. The van der Waals surface area contributed by atoms with Gasteiger partial charge in [-0.1, -0.05) is 12.1 Å². The van der Waals surface area contributed by atoms with Gasteiger partial charge in [0.05, 0.1) is 35.9 Å². The number of hydrogen-bond donors (Lipinski definition) is 1. The van der Waals surface area contributed by atoms with Crippen LogP contribution in [0.4, 0.5) is 14.9 Å². The van der Waals surface area contributed by atoms with Crippen molar-refractivity contribution in [3.05, 3.63) is 58.7 Å². The molecule has 3 aromatic rings. The number of ether oxygens (including phenoxy) is 2. The fraction of sp³-hybridized carbons (Fsp3) is 0.500. The topological polar surface area (TPSA) is 93.9 Å². The maximum absolute atomic E-state index is 14.4. The molecule has 0 spiro atoms. The number of carboxylic acid groups (broad SMARTS) is 1. The first-order valence-electron chi connectivity index (χ1n) is 13.6. The van der Waals surface area contributed by atoms with E-state index in [1.807, 2.05) is 19.1 Å². The minimum atomic E-state index is -1.02. The van der Waals surface area contributed by atoms with E-state index in [1.54, 1.807) is 31.1 Å². The van der Waals surface area contributed by atoms with Crippen molar-refractivity contribution < 1.29 is 28.6 Å². The standard InChI is InChI=1S/C30H36FN3O5/c1-17-5-7-19(15-24(17)31)23(29(35)36)16-27-32-28-22-12-6-18(2)33(30(37)39-4)25(22)13-14-26(28)34(27)20-8-10-21(38-3)11-9-20/h5,7,13-15,18,20-21,23H,6,8-12,16H2,1-4H3,(H,35,36)/t18-,20?,21?,23-/m0/s1. The van der Waals surface area contributed by atoms with E-state index in [4.69, 9.17) is 14.5 Å². The Morgan fingerprint density at radius 1 is 1.13 bits per heavy atom. The summed E-state index contributed by atoms with van der Waals surface area (Å²) in [5.74, 6) is -1.73. The molecule has 1 aliphatic heterocycles. The fourth-order valence-corrected chi connectivity index (χ4v) is 6.27. The molecule has 5 rings (SSSR count). The molecule has 39 heavy (non-hydrogen) atoms. The van der Waals surface area contributed by atoms with Gasteiger partial charge < -0.3 is 19.1 Å². The largest absolute Gasteiger partial charge is 0.481 e. The summed E-state index contributed by atoms with van der Waals surface area (Å²) < 4.78 is 27.3. The maximum Gasteiger partial charge on any atom is 0.414 e. The molecule has 1 N–H and O–H groups in total. The molecular formula is C30H36FN3O5. The number of nitrogens with zero attached hydrogens (tertiary/aromatic N) is 3. The van der Waals surface area contributed by atoms with Crippen LogP contribution in [0.15, 0.2) is 30.3 Å². The van der Waals surface area contributed by atoms with Crippen molar-refractivity contribution in [3.8, 4) is 0 Å². The zero-order valence-electron chi connectivity index (χ0n) is 22.9. The number of carbonyl (C=O) groups excluding carboxylic acids is 1. The van der Waals surface area contributed by atoms with Gasteiger partial charge in [0.25, 0.3) is 0 Å². The van der Waals surface area contributed by atoms with Gasteiger partial charge in [0.2, 0.25) is 0 Å². The highest BCUT2D eigenvalue weighted by Gasteiger charge is 2.34. The second-order valence-electron chi connectivity index (χ2n) is 10.8. The quantitative estimate of drug-likeness (QED) is 0.419. The summed E-state index contributed by atoms with van der Waals surface area (Å²) in [5, 5.41) is 10.2. The number of hydrogen-bond acceptors (Lipinski definition) is 5. The van der Waals surface area contributed by atoms with Gasteiger partial charge in [-0.3, -0.25) is 9.69 Å². The monoisotopic (exact) mass is 537 g/mol. The molecule has 1 saturated carbocycles. The molecule has 0 saturated heterocycles. The first-order valence-corrected chi connectivity index (χ1v) is 13.6. The summed E-state index contributed by atoms with van der Waals surface area (Å²) in [6, 6.07) is 8.70. The molecule has 0 unspecified atom stereocenters. The number of halogens is 1. The smallest absolute Gasteiger partial charge is 0.414 e. The zero-order chi connectivity index (χ0) is 27.8. The van der Waals surface area contributed by atoms with Crippen LogP contribution in [0.1, 0.15) is 73.5 Å². The van der Waals surface area contributed by atoms with E-state index in [0.29, 0.717) is 17.0 Å². The highest BCUT2D eigenvalue weighted by molar-refractivity contribution is 5.95. The SMILES string of the molecule is COC(=O)N1c2ccc3c(nc(C[C@H](C(=O)O)c4ccc(C)c(F)c4)n3C3CCC(OC)CC3)c2CC[C@@H]1C. The zero-order valence-corrected chi connectivity index (χ0v) is 22.9. The molecule has 2 heterocycles. The van der Waals surface area contributed by atoms with Crippen LogP contribution in [0.5, 0.6) is 0 Å². The molecule has 1 aliphatic carbocycles. The lowest BCUT2D eigenvalue weighted by atomic mass is 9.91. The number of methoxy groups -OCH3 is 2. The molecule has 1 fully saturated rings. The van der Waals surface area contributed by atoms with Crippen LogP contribution in [0.25, 0.3) is 11.0 Å². The molecule has 208 valence electrons. The summed E-state index contributed by atoms with van der Waals surface area (Å²) in [6.45, 7) is 3.66. The van der Waals surface area contributed by atoms with Crippen molar-refractivity contribution in [2.45, 2.75) is 82.9 Å². The first-order chi connectivity index (χ1) is 18.7. The van der Waals surface area contributed by atoms with E-state index >= 15 is 0 Å². The number of amides is 1.